The Balaban J connectivity index is 1.35. The van der Waals surface area contributed by atoms with Gasteiger partial charge in [-0.15, -0.1) is 0 Å². The third-order valence-corrected chi connectivity index (χ3v) is 9.51. The number of rotatable bonds is 9. The summed E-state index contributed by atoms with van der Waals surface area (Å²) in [6.07, 6.45) is 4.41. The summed E-state index contributed by atoms with van der Waals surface area (Å²) in [4.78, 5) is 14.6. The zero-order valence-corrected chi connectivity index (χ0v) is 27.0. The van der Waals surface area contributed by atoms with Crippen LogP contribution >= 0.6 is 0 Å². The molecular formula is C40H40N6O. The van der Waals surface area contributed by atoms with Gasteiger partial charge >= 0.3 is 0 Å². The van der Waals surface area contributed by atoms with E-state index in [0.29, 0.717) is 0 Å². The van der Waals surface area contributed by atoms with Crippen molar-refractivity contribution in [2.24, 2.45) is 0 Å². The molecule has 7 nitrogen and oxygen atoms in total. The largest absolute Gasteiger partial charge is 0.491 e. The van der Waals surface area contributed by atoms with Crippen LogP contribution in [0.25, 0.3) is 22.3 Å². The van der Waals surface area contributed by atoms with E-state index in [0.717, 1.165) is 82.8 Å². The van der Waals surface area contributed by atoms with Crippen LogP contribution in [0.15, 0.2) is 122 Å². The number of benzene rings is 4. The van der Waals surface area contributed by atoms with Crippen molar-refractivity contribution in [1.29, 1.82) is 0 Å². The van der Waals surface area contributed by atoms with E-state index in [1.807, 2.05) is 0 Å². The van der Waals surface area contributed by atoms with Gasteiger partial charge in [0.15, 0.2) is 0 Å². The molecule has 0 amide bonds. The van der Waals surface area contributed by atoms with Gasteiger partial charge in [-0.25, -0.2) is 14.6 Å². The topological polar surface area (TPSA) is 59.3 Å². The predicted octanol–water partition coefficient (Wildman–Crippen LogP) is 7.41. The van der Waals surface area contributed by atoms with Crippen LogP contribution in [-0.2, 0) is 5.54 Å². The molecule has 0 bridgehead atoms. The summed E-state index contributed by atoms with van der Waals surface area (Å²) in [6, 6.07) is 41.3. The van der Waals surface area contributed by atoms with Gasteiger partial charge in [0.05, 0.1) is 17.3 Å². The van der Waals surface area contributed by atoms with Crippen LogP contribution in [0.2, 0.25) is 0 Å². The molecule has 7 heteroatoms. The van der Waals surface area contributed by atoms with Crippen molar-refractivity contribution in [1.82, 2.24) is 24.6 Å². The minimum atomic E-state index is -0.768. The van der Waals surface area contributed by atoms with Crippen molar-refractivity contribution < 1.29 is 4.74 Å². The van der Waals surface area contributed by atoms with Crippen molar-refractivity contribution in [3.05, 3.63) is 138 Å². The van der Waals surface area contributed by atoms with Gasteiger partial charge in [-0.05, 0) is 61.6 Å². The van der Waals surface area contributed by atoms with Gasteiger partial charge in [0.25, 0.3) is 0 Å². The van der Waals surface area contributed by atoms with Crippen molar-refractivity contribution in [2.75, 3.05) is 31.1 Å². The number of aromatic nitrogens is 4. The average molecular weight is 621 g/mol. The zero-order chi connectivity index (χ0) is 31.8. The van der Waals surface area contributed by atoms with E-state index in [-0.39, 0.29) is 6.10 Å². The highest BCUT2D eigenvalue weighted by molar-refractivity contribution is 5.94. The Kier molecular flexibility index (Phi) is 7.70. The fraction of sp³-hybridized carbons (Fsp3) is 0.275. The lowest BCUT2D eigenvalue weighted by molar-refractivity contribution is 0.243. The molecule has 6 aromatic rings. The third-order valence-electron chi connectivity index (χ3n) is 9.51. The maximum Gasteiger partial charge on any atom is 0.138 e. The molecule has 2 aliphatic rings. The number of hydrogen-bond donors (Lipinski definition) is 0. The number of anilines is 1. The number of fused-ring (bicyclic) bond motifs is 1. The fourth-order valence-corrected chi connectivity index (χ4v) is 7.20. The van der Waals surface area contributed by atoms with Crippen LogP contribution in [0.3, 0.4) is 0 Å². The molecule has 0 atom stereocenters. The van der Waals surface area contributed by atoms with E-state index in [1.165, 1.54) is 12.8 Å². The smallest absolute Gasteiger partial charge is 0.138 e. The zero-order valence-electron chi connectivity index (χ0n) is 27.0. The van der Waals surface area contributed by atoms with Crippen molar-refractivity contribution in [3.63, 3.8) is 0 Å². The molecule has 47 heavy (non-hydrogen) atoms. The van der Waals surface area contributed by atoms with E-state index in [9.17, 15) is 0 Å². The summed E-state index contributed by atoms with van der Waals surface area (Å²) in [5.41, 5.74) is 5.18. The molecular weight excluding hydrogens is 580 g/mol. The lowest BCUT2D eigenvalue weighted by Crippen LogP contribution is -2.47. The van der Waals surface area contributed by atoms with Gasteiger partial charge in [0, 0.05) is 43.7 Å². The highest BCUT2D eigenvalue weighted by atomic mass is 16.5. The lowest BCUT2D eigenvalue weighted by atomic mass is 9.77. The van der Waals surface area contributed by atoms with Crippen molar-refractivity contribution in [2.45, 2.75) is 44.4 Å². The molecule has 8 rings (SSSR count). The maximum atomic E-state index is 6.23. The predicted molar refractivity (Wildman–Crippen MR) is 188 cm³/mol. The average Bonchev–Trinajstić information content (AvgIpc) is 3.91. The monoisotopic (exact) mass is 620 g/mol. The van der Waals surface area contributed by atoms with Crippen molar-refractivity contribution >= 4 is 16.7 Å². The number of piperazine rings is 1. The molecule has 1 saturated heterocycles. The number of ether oxygens (including phenoxy) is 1. The second-order valence-corrected chi connectivity index (χ2v) is 12.9. The summed E-state index contributed by atoms with van der Waals surface area (Å²) >= 11 is 0. The Morgan fingerprint density at radius 2 is 1.30 bits per heavy atom. The molecule has 236 valence electrons. The van der Waals surface area contributed by atoms with Gasteiger partial charge in [-0.3, -0.25) is 4.90 Å². The van der Waals surface area contributed by atoms with E-state index in [2.05, 4.69) is 144 Å². The molecule has 1 aliphatic heterocycles. The Morgan fingerprint density at radius 3 is 1.85 bits per heavy atom. The van der Waals surface area contributed by atoms with Crippen LogP contribution < -0.4 is 9.64 Å². The van der Waals surface area contributed by atoms with Crippen LogP contribution in [0.5, 0.6) is 5.75 Å². The van der Waals surface area contributed by atoms with Gasteiger partial charge in [-0.1, -0.05) is 91.0 Å². The molecule has 1 aliphatic carbocycles. The maximum absolute atomic E-state index is 6.23. The molecule has 1 saturated carbocycles. The van der Waals surface area contributed by atoms with Crippen LogP contribution in [0, 0.1) is 0 Å². The molecule has 0 unspecified atom stereocenters. The minimum Gasteiger partial charge on any atom is -0.491 e. The quantitative estimate of drug-likeness (QED) is 0.157. The minimum absolute atomic E-state index is 0.0444. The molecule has 0 radical (unpaired) electrons. The SMILES string of the molecule is CC(C)Oc1ccc2c(c1)c(-c1cc(N3CCN(C4CC4)CC3)ncn1)nn2C(c1ccccc1)(c1ccccc1)c1ccccc1. The second-order valence-electron chi connectivity index (χ2n) is 12.9. The van der Waals surface area contributed by atoms with Crippen LogP contribution in [-0.4, -0.2) is 63.0 Å². The Morgan fingerprint density at radius 1 is 0.702 bits per heavy atom. The number of nitrogens with zero attached hydrogens (tertiary/aromatic N) is 6. The summed E-state index contributed by atoms with van der Waals surface area (Å²) < 4.78 is 8.43. The molecule has 3 heterocycles. The van der Waals surface area contributed by atoms with E-state index < -0.39 is 5.54 Å². The fourth-order valence-electron chi connectivity index (χ4n) is 7.20. The van der Waals surface area contributed by atoms with Gasteiger partial charge < -0.3 is 9.64 Å². The first kappa shape index (κ1) is 29.4. The summed E-state index contributed by atoms with van der Waals surface area (Å²) in [5.74, 6) is 1.76. The second kappa shape index (κ2) is 12.3. The molecule has 2 fully saturated rings. The van der Waals surface area contributed by atoms with Crippen molar-refractivity contribution in [3.8, 4) is 17.1 Å². The van der Waals surface area contributed by atoms with Gasteiger partial charge in [-0.2, -0.15) is 5.10 Å². The Bertz CT molecular complexity index is 1870. The van der Waals surface area contributed by atoms with Crippen LogP contribution in [0.4, 0.5) is 5.82 Å². The third kappa shape index (κ3) is 5.44. The molecule has 4 aromatic carbocycles. The van der Waals surface area contributed by atoms with E-state index in [1.54, 1.807) is 6.33 Å². The lowest BCUT2D eigenvalue weighted by Gasteiger charge is -2.37. The standard InChI is InChI=1S/C40H40N6O/c1-29(2)47-34-20-21-37-35(26-34)39(36-27-38(42-28-41-36)45-24-22-44(23-25-45)33-18-19-33)43-46(37)40(30-12-6-3-7-13-30,31-14-8-4-9-15-31)32-16-10-5-11-17-32/h3-17,20-21,26-29,33H,18-19,22-25H2,1-2H3. The summed E-state index contributed by atoms with van der Waals surface area (Å²) in [5, 5.41) is 6.54. The highest BCUT2D eigenvalue weighted by Gasteiger charge is 2.41. The molecule has 0 N–H and O–H groups in total. The van der Waals surface area contributed by atoms with E-state index in [4.69, 9.17) is 19.8 Å². The molecule has 0 spiro atoms. The number of hydrogen-bond acceptors (Lipinski definition) is 6. The van der Waals surface area contributed by atoms with Gasteiger partial charge in [0.2, 0.25) is 0 Å². The normalized spacial score (nSPS) is 15.8. The summed E-state index contributed by atoms with van der Waals surface area (Å²) in [6.45, 7) is 8.19. The van der Waals surface area contributed by atoms with Gasteiger partial charge in [0.1, 0.15) is 29.1 Å². The van der Waals surface area contributed by atoms with E-state index >= 15 is 0 Å². The first-order valence-electron chi connectivity index (χ1n) is 16.8. The summed E-state index contributed by atoms with van der Waals surface area (Å²) in [7, 11) is 0. The Hall–Kier alpha value is -5.01. The van der Waals surface area contributed by atoms with Crippen LogP contribution in [0.1, 0.15) is 43.4 Å². The highest BCUT2D eigenvalue weighted by Crippen LogP contribution is 2.44. The first-order chi connectivity index (χ1) is 23.1. The molecule has 2 aromatic heterocycles. The first-order valence-corrected chi connectivity index (χ1v) is 16.8. The Labute approximate surface area is 276 Å².